The Labute approximate surface area is 170 Å². The Kier molecular flexibility index (Phi) is 4.90. The van der Waals surface area contributed by atoms with Gasteiger partial charge in [-0.05, 0) is 64.1 Å². The zero-order valence-electron chi connectivity index (χ0n) is 17.4. The van der Waals surface area contributed by atoms with Gasteiger partial charge >= 0.3 is 0 Å². The summed E-state index contributed by atoms with van der Waals surface area (Å²) in [6.07, 6.45) is 1.67. The molecular formula is C23H27NO5. The summed E-state index contributed by atoms with van der Waals surface area (Å²) in [6.45, 7) is 10.5. The smallest absolute Gasteiger partial charge is 0.289 e. The van der Waals surface area contributed by atoms with Crippen LogP contribution in [0.15, 0.2) is 55.9 Å². The van der Waals surface area contributed by atoms with Gasteiger partial charge in [-0.3, -0.25) is 4.79 Å². The molecule has 0 spiro atoms. The van der Waals surface area contributed by atoms with Crippen molar-refractivity contribution in [1.29, 1.82) is 0 Å². The third-order valence-corrected chi connectivity index (χ3v) is 5.71. The van der Waals surface area contributed by atoms with Crippen LogP contribution in [0, 0.1) is 0 Å². The van der Waals surface area contributed by atoms with Crippen molar-refractivity contribution < 1.29 is 22.8 Å². The lowest BCUT2D eigenvalue weighted by Crippen LogP contribution is -2.40. The molecule has 0 N–H and O–H groups in total. The number of carbonyl (C=O) groups is 1. The predicted molar refractivity (Wildman–Crippen MR) is 107 cm³/mol. The van der Waals surface area contributed by atoms with Crippen LogP contribution in [0.5, 0.6) is 0 Å². The van der Waals surface area contributed by atoms with Crippen molar-refractivity contribution in [3.05, 3.63) is 71.5 Å². The van der Waals surface area contributed by atoms with Gasteiger partial charge in [-0.2, -0.15) is 0 Å². The summed E-state index contributed by atoms with van der Waals surface area (Å²) in [5, 5.41) is 0. The number of carbonyl (C=O) groups excluding carboxylic acids is 1. The van der Waals surface area contributed by atoms with E-state index in [0.717, 1.165) is 17.3 Å². The van der Waals surface area contributed by atoms with Crippen molar-refractivity contribution in [2.75, 3.05) is 26.3 Å². The van der Waals surface area contributed by atoms with Crippen LogP contribution in [0.3, 0.4) is 0 Å². The maximum atomic E-state index is 12.7. The maximum Gasteiger partial charge on any atom is 0.289 e. The molecule has 0 aromatic carbocycles. The summed E-state index contributed by atoms with van der Waals surface area (Å²) in [7, 11) is 0. The van der Waals surface area contributed by atoms with Gasteiger partial charge < -0.3 is 22.9 Å². The first-order valence-corrected chi connectivity index (χ1v) is 9.92. The minimum atomic E-state index is -0.527. The van der Waals surface area contributed by atoms with Crippen LogP contribution >= 0.6 is 0 Å². The topological polar surface area (TPSA) is 69.0 Å². The molecule has 0 unspecified atom stereocenters. The zero-order chi connectivity index (χ0) is 20.6. The van der Waals surface area contributed by atoms with Gasteiger partial charge in [-0.15, -0.1) is 0 Å². The van der Waals surface area contributed by atoms with Crippen LogP contribution in [0.1, 0.15) is 61.3 Å². The monoisotopic (exact) mass is 397 g/mol. The van der Waals surface area contributed by atoms with E-state index in [1.54, 1.807) is 17.2 Å². The van der Waals surface area contributed by atoms with Crippen LogP contribution < -0.4 is 0 Å². The second-order valence-corrected chi connectivity index (χ2v) is 8.46. The highest BCUT2D eigenvalue weighted by Gasteiger charge is 2.35. The molecule has 0 aliphatic carbocycles. The Balaban J connectivity index is 1.57. The summed E-state index contributed by atoms with van der Waals surface area (Å²) in [5.41, 5.74) is -0.917. The van der Waals surface area contributed by atoms with E-state index < -0.39 is 10.8 Å². The van der Waals surface area contributed by atoms with Crippen molar-refractivity contribution in [3.63, 3.8) is 0 Å². The average molecular weight is 397 g/mol. The Morgan fingerprint density at radius 1 is 0.828 bits per heavy atom. The van der Waals surface area contributed by atoms with E-state index in [9.17, 15) is 4.79 Å². The molecule has 0 atom stereocenters. The van der Waals surface area contributed by atoms with Gasteiger partial charge in [-0.25, -0.2) is 0 Å². The highest BCUT2D eigenvalue weighted by Crippen LogP contribution is 2.38. The van der Waals surface area contributed by atoms with Crippen molar-refractivity contribution in [1.82, 2.24) is 4.90 Å². The van der Waals surface area contributed by atoms with E-state index >= 15 is 0 Å². The fraction of sp³-hybridized carbons (Fsp3) is 0.435. The van der Waals surface area contributed by atoms with E-state index in [2.05, 4.69) is 13.8 Å². The molecule has 0 radical (unpaired) electrons. The zero-order valence-corrected chi connectivity index (χ0v) is 17.4. The fourth-order valence-electron chi connectivity index (χ4n) is 3.60. The van der Waals surface area contributed by atoms with Crippen molar-refractivity contribution in [2.45, 2.75) is 38.5 Å². The summed E-state index contributed by atoms with van der Waals surface area (Å²) in [4.78, 5) is 14.4. The Morgan fingerprint density at radius 3 is 2.03 bits per heavy atom. The summed E-state index contributed by atoms with van der Waals surface area (Å²) in [5.74, 6) is 3.35. The van der Waals surface area contributed by atoms with Gasteiger partial charge in [0.2, 0.25) is 0 Å². The molecule has 1 aliphatic rings. The number of hydrogen-bond acceptors (Lipinski definition) is 5. The highest BCUT2D eigenvalue weighted by molar-refractivity contribution is 5.91. The molecule has 154 valence electrons. The molecule has 0 bridgehead atoms. The van der Waals surface area contributed by atoms with Crippen molar-refractivity contribution in [3.8, 4) is 0 Å². The Morgan fingerprint density at radius 2 is 1.41 bits per heavy atom. The molecule has 29 heavy (non-hydrogen) atoms. The third-order valence-electron chi connectivity index (χ3n) is 5.71. The third kappa shape index (κ3) is 3.53. The number of nitrogens with zero attached hydrogens (tertiary/aromatic N) is 1. The first kappa shape index (κ1) is 19.6. The molecule has 1 amide bonds. The first-order valence-electron chi connectivity index (χ1n) is 9.92. The Bertz CT molecular complexity index is 971. The number of hydrogen-bond donors (Lipinski definition) is 0. The fourth-order valence-corrected chi connectivity index (χ4v) is 3.60. The van der Waals surface area contributed by atoms with Crippen molar-refractivity contribution in [2.24, 2.45) is 0 Å². The molecule has 4 rings (SSSR count). The molecule has 1 aliphatic heterocycles. The standard InChI is InChI=1S/C23H27NO5/c1-22(2,17-6-5-13-27-17)19-9-10-20(29-19)23(3,4)18-8-7-16(28-18)21(25)24-11-14-26-15-12-24/h5-10,13H,11-12,14-15H2,1-4H3. The quantitative estimate of drug-likeness (QED) is 0.630. The van der Waals surface area contributed by atoms with Crippen LogP contribution in [-0.2, 0) is 15.6 Å². The molecule has 6 nitrogen and oxygen atoms in total. The van der Waals surface area contributed by atoms with E-state index in [1.807, 2.05) is 44.2 Å². The van der Waals surface area contributed by atoms with Gasteiger partial charge in [0.15, 0.2) is 5.76 Å². The van der Waals surface area contributed by atoms with Gasteiger partial charge in [0.1, 0.15) is 23.0 Å². The summed E-state index contributed by atoms with van der Waals surface area (Å²) < 4.78 is 23.1. The maximum absolute atomic E-state index is 12.7. The van der Waals surface area contributed by atoms with Gasteiger partial charge in [0.25, 0.3) is 5.91 Å². The van der Waals surface area contributed by atoms with Gasteiger partial charge in [-0.1, -0.05) is 0 Å². The molecule has 1 saturated heterocycles. The number of morpholine rings is 1. The molecule has 0 saturated carbocycles. The lowest BCUT2D eigenvalue weighted by Gasteiger charge is -2.26. The summed E-state index contributed by atoms with van der Waals surface area (Å²) in [6, 6.07) is 11.4. The van der Waals surface area contributed by atoms with Crippen LogP contribution in [0.25, 0.3) is 0 Å². The SMILES string of the molecule is CC(C)(c1ccco1)c1ccc(C(C)(C)c2ccc(C(=O)N3CCOCC3)o2)o1. The van der Waals surface area contributed by atoms with E-state index in [4.69, 9.17) is 18.0 Å². The molecule has 3 aromatic rings. The molecule has 3 aromatic heterocycles. The van der Waals surface area contributed by atoms with E-state index in [1.165, 1.54) is 0 Å². The minimum Gasteiger partial charge on any atom is -0.468 e. The predicted octanol–water partition coefficient (Wildman–Crippen LogP) is 4.59. The second kappa shape index (κ2) is 7.26. The minimum absolute atomic E-state index is 0.102. The molecule has 4 heterocycles. The van der Waals surface area contributed by atoms with E-state index in [0.29, 0.717) is 37.8 Å². The van der Waals surface area contributed by atoms with Gasteiger partial charge in [0.05, 0.1) is 30.3 Å². The number of furan rings is 3. The normalized spacial score (nSPS) is 15.7. The van der Waals surface area contributed by atoms with Crippen LogP contribution in [0.4, 0.5) is 0 Å². The highest BCUT2D eigenvalue weighted by atomic mass is 16.5. The number of ether oxygens (including phenoxy) is 1. The average Bonchev–Trinajstić information content (AvgIpc) is 3.49. The lowest BCUT2D eigenvalue weighted by molar-refractivity contribution is 0.0281. The van der Waals surface area contributed by atoms with Crippen molar-refractivity contribution >= 4 is 5.91 Å². The number of amides is 1. The lowest BCUT2D eigenvalue weighted by atomic mass is 9.87. The van der Waals surface area contributed by atoms with Gasteiger partial charge in [0, 0.05) is 13.1 Å². The molecular weight excluding hydrogens is 370 g/mol. The second-order valence-electron chi connectivity index (χ2n) is 8.46. The largest absolute Gasteiger partial charge is 0.468 e. The summed E-state index contributed by atoms with van der Waals surface area (Å²) >= 11 is 0. The van der Waals surface area contributed by atoms with Crippen LogP contribution in [0.2, 0.25) is 0 Å². The number of rotatable bonds is 5. The van der Waals surface area contributed by atoms with E-state index in [-0.39, 0.29) is 5.91 Å². The molecule has 1 fully saturated rings. The van der Waals surface area contributed by atoms with Crippen LogP contribution in [-0.4, -0.2) is 37.1 Å². The first-order chi connectivity index (χ1) is 13.8. The Hall–Kier alpha value is -2.73. The molecule has 6 heteroatoms.